The molecule has 1 aliphatic rings. The van der Waals surface area contributed by atoms with E-state index < -0.39 is 0 Å². The maximum Gasteiger partial charge on any atom is 0.192 e. The number of guanidine groups is 1. The minimum atomic E-state index is -0.237. The first-order valence-electron chi connectivity index (χ1n) is 10.8. The van der Waals surface area contributed by atoms with E-state index >= 15 is 0 Å². The number of para-hydroxylation sites is 1. The summed E-state index contributed by atoms with van der Waals surface area (Å²) in [5, 5.41) is 11.2. The van der Waals surface area contributed by atoms with Crippen molar-refractivity contribution in [2.75, 3.05) is 6.54 Å². The zero-order valence-corrected chi connectivity index (χ0v) is 21.1. The van der Waals surface area contributed by atoms with Crippen molar-refractivity contribution < 1.29 is 4.74 Å². The van der Waals surface area contributed by atoms with Gasteiger partial charge in [0.05, 0.1) is 19.1 Å². The summed E-state index contributed by atoms with van der Waals surface area (Å²) < 4.78 is 7.98. The molecular weight excluding hydrogens is 515 g/mol. The van der Waals surface area contributed by atoms with Crippen molar-refractivity contribution in [1.29, 1.82) is 0 Å². The number of fused-ring (bicyclic) bond motifs is 1. The summed E-state index contributed by atoms with van der Waals surface area (Å²) in [5.74, 6) is 1.74. The highest BCUT2D eigenvalue weighted by Gasteiger charge is 2.33. The van der Waals surface area contributed by atoms with Gasteiger partial charge in [-0.1, -0.05) is 42.5 Å². The first kappa shape index (κ1) is 24.0. The molecule has 0 saturated carbocycles. The molecule has 1 aromatic heterocycles. The molecule has 4 rings (SSSR count). The molecule has 8 heteroatoms. The van der Waals surface area contributed by atoms with Gasteiger partial charge in [-0.3, -0.25) is 0 Å². The summed E-state index contributed by atoms with van der Waals surface area (Å²) >= 11 is 0. The Hall–Kier alpha value is -2.62. The Morgan fingerprint density at radius 2 is 2.00 bits per heavy atom. The fourth-order valence-corrected chi connectivity index (χ4v) is 3.91. The first-order chi connectivity index (χ1) is 15.0. The third-order valence-electron chi connectivity index (χ3n) is 5.25. The van der Waals surface area contributed by atoms with Gasteiger partial charge in [-0.15, -0.1) is 24.0 Å². The van der Waals surface area contributed by atoms with Crippen molar-refractivity contribution in [3.05, 3.63) is 77.9 Å². The largest absolute Gasteiger partial charge is 0.487 e. The van der Waals surface area contributed by atoms with Crippen LogP contribution in [0.15, 0.2) is 66.2 Å². The van der Waals surface area contributed by atoms with Gasteiger partial charge in [0.2, 0.25) is 0 Å². The molecule has 3 aromatic rings. The molecule has 32 heavy (non-hydrogen) atoms. The average molecular weight is 546 g/mol. The standard InChI is InChI=1S/C24H30N6O.HI/c1-4-26-23(29-21-13-24(2,3)31-22-11-6-5-10-20(21)22)27-14-18-8-7-9-19(12-18)15-30-17-25-16-28-30;/h5-12,16-17,21H,4,13-15H2,1-3H3,(H2,26,27,29);1H. The monoisotopic (exact) mass is 546 g/mol. The summed E-state index contributed by atoms with van der Waals surface area (Å²) in [6.07, 6.45) is 4.14. The number of ether oxygens (including phenoxy) is 1. The van der Waals surface area contributed by atoms with Crippen LogP contribution >= 0.6 is 24.0 Å². The third-order valence-corrected chi connectivity index (χ3v) is 5.25. The summed E-state index contributed by atoms with van der Waals surface area (Å²) in [7, 11) is 0. The Morgan fingerprint density at radius 1 is 1.19 bits per heavy atom. The topological polar surface area (TPSA) is 76.4 Å². The van der Waals surface area contributed by atoms with Crippen LogP contribution in [0.1, 0.15) is 49.9 Å². The summed E-state index contributed by atoms with van der Waals surface area (Å²) in [6.45, 7) is 8.42. The first-order valence-corrected chi connectivity index (χ1v) is 10.8. The molecule has 0 radical (unpaired) electrons. The molecular formula is C24H31IN6O. The minimum Gasteiger partial charge on any atom is -0.487 e. The van der Waals surface area contributed by atoms with Gasteiger partial charge >= 0.3 is 0 Å². The molecule has 1 atom stereocenters. The van der Waals surface area contributed by atoms with Crippen LogP contribution in [0.5, 0.6) is 5.75 Å². The van der Waals surface area contributed by atoms with Crippen LogP contribution in [-0.4, -0.2) is 32.9 Å². The minimum absolute atomic E-state index is 0. The lowest BCUT2D eigenvalue weighted by molar-refractivity contribution is 0.0694. The van der Waals surface area contributed by atoms with E-state index in [2.05, 4.69) is 77.9 Å². The fourth-order valence-electron chi connectivity index (χ4n) is 3.91. The van der Waals surface area contributed by atoms with Crippen LogP contribution in [0.3, 0.4) is 0 Å². The lowest BCUT2D eigenvalue weighted by Gasteiger charge is -2.38. The molecule has 0 aliphatic carbocycles. The predicted octanol–water partition coefficient (Wildman–Crippen LogP) is 4.30. The molecule has 170 valence electrons. The van der Waals surface area contributed by atoms with Crippen molar-refractivity contribution in [2.24, 2.45) is 4.99 Å². The number of nitrogens with zero attached hydrogens (tertiary/aromatic N) is 4. The Balaban J connectivity index is 0.00000289. The maximum atomic E-state index is 6.16. The van der Waals surface area contributed by atoms with Crippen LogP contribution in [0.25, 0.3) is 0 Å². The van der Waals surface area contributed by atoms with Crippen LogP contribution in [0.4, 0.5) is 0 Å². The third kappa shape index (κ3) is 6.21. The summed E-state index contributed by atoms with van der Waals surface area (Å²) in [4.78, 5) is 8.86. The van der Waals surface area contributed by atoms with Crippen LogP contribution < -0.4 is 15.4 Å². The second-order valence-electron chi connectivity index (χ2n) is 8.41. The van der Waals surface area contributed by atoms with Gasteiger partial charge in [0.15, 0.2) is 5.96 Å². The summed E-state index contributed by atoms with van der Waals surface area (Å²) in [6, 6.07) is 16.8. The molecule has 2 aromatic carbocycles. The van der Waals surface area contributed by atoms with Gasteiger partial charge in [-0.25, -0.2) is 14.7 Å². The number of halogens is 1. The van der Waals surface area contributed by atoms with E-state index in [1.807, 2.05) is 16.8 Å². The molecule has 0 saturated heterocycles. The van der Waals surface area contributed by atoms with E-state index in [4.69, 9.17) is 9.73 Å². The molecule has 0 fully saturated rings. The van der Waals surface area contributed by atoms with E-state index in [9.17, 15) is 0 Å². The van der Waals surface area contributed by atoms with E-state index in [-0.39, 0.29) is 35.6 Å². The smallest absolute Gasteiger partial charge is 0.192 e. The Kier molecular flexibility index (Phi) is 8.11. The predicted molar refractivity (Wildman–Crippen MR) is 137 cm³/mol. The van der Waals surface area contributed by atoms with Gasteiger partial charge in [0, 0.05) is 18.5 Å². The fraction of sp³-hybridized carbons (Fsp3) is 0.375. The van der Waals surface area contributed by atoms with Crippen LogP contribution in [-0.2, 0) is 13.1 Å². The van der Waals surface area contributed by atoms with Gasteiger partial charge < -0.3 is 15.4 Å². The van der Waals surface area contributed by atoms with E-state index in [0.717, 1.165) is 30.2 Å². The second-order valence-corrected chi connectivity index (χ2v) is 8.41. The van der Waals surface area contributed by atoms with Gasteiger partial charge in [-0.05, 0) is 38.0 Å². The number of hydrogen-bond donors (Lipinski definition) is 2. The number of hydrogen-bond acceptors (Lipinski definition) is 4. The van der Waals surface area contributed by atoms with Crippen molar-refractivity contribution in [1.82, 2.24) is 25.4 Å². The van der Waals surface area contributed by atoms with E-state index in [1.165, 1.54) is 11.1 Å². The normalized spacial score (nSPS) is 17.0. The Labute approximate surface area is 206 Å². The maximum absolute atomic E-state index is 6.16. The molecule has 2 N–H and O–H groups in total. The summed E-state index contributed by atoms with van der Waals surface area (Å²) in [5.41, 5.74) is 3.26. The van der Waals surface area contributed by atoms with Gasteiger partial charge in [0.1, 0.15) is 24.0 Å². The molecule has 1 aliphatic heterocycles. The molecule has 0 bridgehead atoms. The van der Waals surface area contributed by atoms with E-state index in [1.54, 1.807) is 12.7 Å². The van der Waals surface area contributed by atoms with Crippen molar-refractivity contribution in [2.45, 2.75) is 51.9 Å². The van der Waals surface area contributed by atoms with Crippen molar-refractivity contribution in [3.8, 4) is 5.75 Å². The van der Waals surface area contributed by atoms with Crippen molar-refractivity contribution >= 4 is 29.9 Å². The highest BCUT2D eigenvalue weighted by Crippen LogP contribution is 2.39. The molecule has 1 unspecified atom stereocenters. The van der Waals surface area contributed by atoms with Crippen LogP contribution in [0.2, 0.25) is 0 Å². The zero-order valence-electron chi connectivity index (χ0n) is 18.8. The lowest BCUT2D eigenvalue weighted by Crippen LogP contribution is -2.45. The second kappa shape index (κ2) is 10.8. The average Bonchev–Trinajstić information content (AvgIpc) is 3.25. The van der Waals surface area contributed by atoms with Crippen molar-refractivity contribution in [3.63, 3.8) is 0 Å². The molecule has 7 nitrogen and oxygen atoms in total. The van der Waals surface area contributed by atoms with E-state index in [0.29, 0.717) is 13.1 Å². The number of aliphatic imine (C=N–C) groups is 1. The lowest BCUT2D eigenvalue weighted by atomic mass is 9.90. The zero-order chi connectivity index (χ0) is 21.7. The SMILES string of the molecule is CCNC(=NCc1cccc(Cn2cncn2)c1)NC1CC(C)(C)Oc2ccccc21.I. The molecule has 0 amide bonds. The number of rotatable bonds is 6. The molecule has 0 spiro atoms. The Morgan fingerprint density at radius 3 is 2.78 bits per heavy atom. The van der Waals surface area contributed by atoms with Gasteiger partial charge in [0.25, 0.3) is 0 Å². The number of benzene rings is 2. The molecule has 2 heterocycles. The van der Waals surface area contributed by atoms with Gasteiger partial charge in [-0.2, -0.15) is 5.10 Å². The Bertz CT molecular complexity index is 1030. The highest BCUT2D eigenvalue weighted by atomic mass is 127. The number of aromatic nitrogens is 3. The quantitative estimate of drug-likeness (QED) is 0.274. The van der Waals surface area contributed by atoms with Crippen LogP contribution in [0, 0.1) is 0 Å². The number of nitrogens with one attached hydrogen (secondary N) is 2. The highest BCUT2D eigenvalue weighted by molar-refractivity contribution is 14.0.